The zero-order valence-electron chi connectivity index (χ0n) is 15.8. The molecule has 9 heteroatoms. The molecule has 1 aromatic heterocycles. The van der Waals surface area contributed by atoms with E-state index in [0.29, 0.717) is 36.3 Å². The van der Waals surface area contributed by atoms with Gasteiger partial charge >= 0.3 is 5.91 Å². The van der Waals surface area contributed by atoms with Crippen LogP contribution in [0.4, 0.5) is 5.69 Å². The van der Waals surface area contributed by atoms with Crippen molar-refractivity contribution in [2.24, 2.45) is 0 Å². The number of nitrogens with one attached hydrogen (secondary N) is 2. The highest BCUT2D eigenvalue weighted by molar-refractivity contribution is 7.13. The Labute approximate surface area is 176 Å². The maximum absolute atomic E-state index is 12.9. The molecule has 0 spiro atoms. The number of fused-ring (bicyclic) bond motifs is 1. The van der Waals surface area contributed by atoms with Gasteiger partial charge in [-0.15, -0.1) is 11.3 Å². The lowest BCUT2D eigenvalue weighted by atomic mass is 10.1. The van der Waals surface area contributed by atoms with Crippen LogP contribution in [0, 0.1) is 0 Å². The number of carbonyl (C=O) groups excluding carboxylic acids is 3. The minimum atomic E-state index is -0.652. The standard InChI is InChI=1S/C21H18N4O4S/c26-18(13-4-2-1-3-5-13)22-15-8-6-14(7-9-15)21(28)25-11-10-16-17(12-25)30-20(23-16)19(27)24-29/h1-9,29H,10-12H2,(H,22,26)(H,24,27). The summed E-state index contributed by atoms with van der Waals surface area (Å²) in [5.74, 6) is -1.00. The summed E-state index contributed by atoms with van der Waals surface area (Å²) in [5.41, 5.74) is 4.02. The van der Waals surface area contributed by atoms with Crippen LogP contribution >= 0.6 is 11.3 Å². The van der Waals surface area contributed by atoms with E-state index in [0.717, 1.165) is 10.6 Å². The normalized spacial score (nSPS) is 12.8. The molecule has 0 bridgehead atoms. The molecule has 0 aliphatic carbocycles. The highest BCUT2D eigenvalue weighted by Crippen LogP contribution is 2.26. The van der Waals surface area contributed by atoms with E-state index in [4.69, 9.17) is 5.21 Å². The summed E-state index contributed by atoms with van der Waals surface area (Å²) in [5, 5.41) is 11.7. The third-order valence-corrected chi connectivity index (χ3v) is 5.82. The smallest absolute Gasteiger partial charge is 0.303 e. The summed E-state index contributed by atoms with van der Waals surface area (Å²) in [6.07, 6.45) is 0.543. The number of benzene rings is 2. The Balaban J connectivity index is 1.42. The number of carbonyl (C=O) groups is 3. The van der Waals surface area contributed by atoms with Gasteiger partial charge in [-0.05, 0) is 36.4 Å². The first-order valence-electron chi connectivity index (χ1n) is 9.24. The predicted molar refractivity (Wildman–Crippen MR) is 111 cm³/mol. The van der Waals surface area contributed by atoms with Crippen LogP contribution in [0.5, 0.6) is 0 Å². The van der Waals surface area contributed by atoms with Crippen molar-refractivity contribution in [2.75, 3.05) is 11.9 Å². The van der Waals surface area contributed by atoms with Gasteiger partial charge in [0.2, 0.25) is 0 Å². The van der Waals surface area contributed by atoms with Gasteiger partial charge in [-0.2, -0.15) is 0 Å². The second-order valence-electron chi connectivity index (χ2n) is 6.70. The first kappa shape index (κ1) is 19.7. The fourth-order valence-corrected chi connectivity index (χ4v) is 4.20. The molecule has 4 rings (SSSR count). The van der Waals surface area contributed by atoms with E-state index in [1.165, 1.54) is 11.3 Å². The summed E-state index contributed by atoms with van der Waals surface area (Å²) < 4.78 is 0. The third-order valence-electron chi connectivity index (χ3n) is 4.74. The Morgan fingerprint density at radius 3 is 2.40 bits per heavy atom. The molecule has 1 aliphatic heterocycles. The molecule has 3 N–H and O–H groups in total. The number of hydroxylamine groups is 1. The average molecular weight is 422 g/mol. The van der Waals surface area contributed by atoms with Gasteiger partial charge in [0.1, 0.15) is 0 Å². The number of nitrogens with zero attached hydrogens (tertiary/aromatic N) is 2. The first-order valence-corrected chi connectivity index (χ1v) is 10.1. The topological polar surface area (TPSA) is 112 Å². The van der Waals surface area contributed by atoms with Gasteiger partial charge in [0, 0.05) is 34.7 Å². The van der Waals surface area contributed by atoms with Gasteiger partial charge in [0.05, 0.1) is 12.2 Å². The molecule has 0 saturated carbocycles. The van der Waals surface area contributed by atoms with Crippen molar-refractivity contribution in [3.63, 3.8) is 0 Å². The minimum Gasteiger partial charge on any atom is -0.333 e. The van der Waals surface area contributed by atoms with Gasteiger partial charge in [0.15, 0.2) is 5.01 Å². The molecule has 152 valence electrons. The van der Waals surface area contributed by atoms with E-state index in [9.17, 15) is 14.4 Å². The minimum absolute atomic E-state index is 0.136. The molecule has 0 saturated heterocycles. The Bertz CT molecular complexity index is 1100. The predicted octanol–water partition coefficient (Wildman–Crippen LogP) is 2.71. The molecule has 0 atom stereocenters. The van der Waals surface area contributed by atoms with Gasteiger partial charge in [0.25, 0.3) is 11.8 Å². The van der Waals surface area contributed by atoms with Crippen molar-refractivity contribution in [1.29, 1.82) is 0 Å². The number of hydrogen-bond donors (Lipinski definition) is 3. The highest BCUT2D eigenvalue weighted by atomic mass is 32.1. The van der Waals surface area contributed by atoms with E-state index in [1.807, 2.05) is 6.07 Å². The van der Waals surface area contributed by atoms with Crippen LogP contribution in [-0.4, -0.2) is 39.4 Å². The summed E-state index contributed by atoms with van der Waals surface area (Å²) in [6.45, 7) is 0.847. The zero-order chi connectivity index (χ0) is 21.1. The molecular weight excluding hydrogens is 404 g/mol. The van der Waals surface area contributed by atoms with Gasteiger partial charge in [-0.3, -0.25) is 19.6 Å². The monoisotopic (exact) mass is 422 g/mol. The number of aromatic nitrogens is 1. The molecule has 1 aliphatic rings. The van der Waals surface area contributed by atoms with Gasteiger partial charge in [-0.1, -0.05) is 18.2 Å². The summed E-state index contributed by atoms with van der Waals surface area (Å²) in [7, 11) is 0. The van der Waals surface area contributed by atoms with Crippen LogP contribution < -0.4 is 10.8 Å². The quantitative estimate of drug-likeness (QED) is 0.442. The molecule has 8 nitrogen and oxygen atoms in total. The molecule has 2 aromatic carbocycles. The maximum Gasteiger partial charge on any atom is 0.303 e. The fraction of sp³-hybridized carbons (Fsp3) is 0.143. The van der Waals surface area contributed by atoms with Crippen LogP contribution in [0.2, 0.25) is 0 Å². The van der Waals surface area contributed by atoms with Crippen LogP contribution in [-0.2, 0) is 13.0 Å². The molecule has 3 aromatic rings. The maximum atomic E-state index is 12.9. The lowest BCUT2D eigenvalue weighted by Gasteiger charge is -2.26. The van der Waals surface area contributed by atoms with E-state index in [1.54, 1.807) is 58.9 Å². The van der Waals surface area contributed by atoms with Gasteiger partial charge in [-0.25, -0.2) is 10.5 Å². The van der Waals surface area contributed by atoms with Crippen molar-refractivity contribution in [3.8, 4) is 0 Å². The van der Waals surface area contributed by atoms with Gasteiger partial charge < -0.3 is 10.2 Å². The Kier molecular flexibility index (Phi) is 5.55. The number of hydrogen-bond acceptors (Lipinski definition) is 6. The van der Waals surface area contributed by atoms with E-state index >= 15 is 0 Å². The third kappa shape index (κ3) is 4.07. The lowest BCUT2D eigenvalue weighted by Crippen LogP contribution is -2.35. The van der Waals surface area contributed by atoms with Crippen molar-refractivity contribution in [3.05, 3.63) is 81.3 Å². The van der Waals surface area contributed by atoms with Crippen LogP contribution in [0.1, 0.15) is 41.1 Å². The molecule has 0 unspecified atom stereocenters. The summed E-state index contributed by atoms with van der Waals surface area (Å²) in [4.78, 5) is 43.4. The Morgan fingerprint density at radius 1 is 0.967 bits per heavy atom. The summed E-state index contributed by atoms with van der Waals surface area (Å²) in [6, 6.07) is 15.6. The highest BCUT2D eigenvalue weighted by Gasteiger charge is 2.26. The first-order chi connectivity index (χ1) is 14.5. The van der Waals surface area contributed by atoms with Crippen LogP contribution in [0.15, 0.2) is 54.6 Å². The van der Waals surface area contributed by atoms with Crippen molar-refractivity contribution < 1.29 is 19.6 Å². The van der Waals surface area contributed by atoms with Crippen molar-refractivity contribution >= 4 is 34.7 Å². The average Bonchev–Trinajstić information content (AvgIpc) is 3.22. The number of rotatable bonds is 4. The second kappa shape index (κ2) is 8.44. The zero-order valence-corrected chi connectivity index (χ0v) is 16.6. The molecular formula is C21H18N4O4S. The SMILES string of the molecule is O=C(Nc1ccc(C(=O)N2CCc3nc(C(=O)NO)sc3C2)cc1)c1ccccc1. The molecule has 30 heavy (non-hydrogen) atoms. The second-order valence-corrected chi connectivity index (χ2v) is 7.79. The lowest BCUT2D eigenvalue weighted by molar-refractivity contribution is 0.0703. The van der Waals surface area contributed by atoms with E-state index in [-0.39, 0.29) is 16.8 Å². The van der Waals surface area contributed by atoms with Crippen LogP contribution in [0.25, 0.3) is 0 Å². The molecule has 3 amide bonds. The largest absolute Gasteiger partial charge is 0.333 e. The summed E-state index contributed by atoms with van der Waals surface area (Å²) >= 11 is 1.17. The van der Waals surface area contributed by atoms with E-state index in [2.05, 4.69) is 10.3 Å². The van der Waals surface area contributed by atoms with Crippen molar-refractivity contribution in [2.45, 2.75) is 13.0 Å². The number of amides is 3. The molecule has 2 heterocycles. The molecule has 0 fully saturated rings. The Morgan fingerprint density at radius 2 is 1.70 bits per heavy atom. The molecule has 0 radical (unpaired) electrons. The van der Waals surface area contributed by atoms with Crippen LogP contribution in [0.3, 0.4) is 0 Å². The number of thiazole rings is 1. The van der Waals surface area contributed by atoms with E-state index < -0.39 is 5.91 Å². The fourth-order valence-electron chi connectivity index (χ4n) is 3.19. The van der Waals surface area contributed by atoms with Crippen molar-refractivity contribution in [1.82, 2.24) is 15.4 Å². The Hall–Kier alpha value is -3.56. The number of anilines is 1.